The van der Waals surface area contributed by atoms with E-state index in [9.17, 15) is 0 Å². The Hall–Kier alpha value is -1.58. The Balaban J connectivity index is 1.96. The standard InChI is InChI=1S/C17H21ClN2O/c1-3-9-19-11-14-5-4-6-15(20-14)12-21-17-10-13(2)7-8-16(17)18/h4-8,10,19H,3,9,11-12H2,1-2H3. The van der Waals surface area contributed by atoms with Gasteiger partial charge in [0.2, 0.25) is 0 Å². The molecule has 1 heterocycles. The fourth-order valence-corrected chi connectivity index (χ4v) is 2.15. The van der Waals surface area contributed by atoms with Crippen LogP contribution in [-0.4, -0.2) is 11.5 Å². The SMILES string of the molecule is CCCNCc1cccc(COc2cc(C)ccc2Cl)n1. The van der Waals surface area contributed by atoms with E-state index in [-0.39, 0.29) is 0 Å². The Morgan fingerprint density at radius 2 is 2.00 bits per heavy atom. The Morgan fingerprint density at radius 1 is 1.19 bits per heavy atom. The van der Waals surface area contributed by atoms with Crippen molar-refractivity contribution in [1.82, 2.24) is 10.3 Å². The minimum absolute atomic E-state index is 0.421. The number of ether oxygens (including phenoxy) is 1. The molecular formula is C17H21ClN2O. The van der Waals surface area contributed by atoms with Crippen molar-refractivity contribution in [2.24, 2.45) is 0 Å². The zero-order valence-electron chi connectivity index (χ0n) is 12.5. The monoisotopic (exact) mass is 304 g/mol. The van der Waals surface area contributed by atoms with E-state index >= 15 is 0 Å². The fourth-order valence-electron chi connectivity index (χ4n) is 1.97. The quantitative estimate of drug-likeness (QED) is 0.781. The molecule has 21 heavy (non-hydrogen) atoms. The van der Waals surface area contributed by atoms with Gasteiger partial charge in [-0.05, 0) is 49.7 Å². The van der Waals surface area contributed by atoms with Crippen LogP contribution in [0.5, 0.6) is 5.75 Å². The Kier molecular flexibility index (Phi) is 6.03. The van der Waals surface area contributed by atoms with E-state index in [1.807, 2.05) is 43.3 Å². The number of pyridine rings is 1. The molecule has 0 radical (unpaired) electrons. The van der Waals surface area contributed by atoms with Crippen molar-refractivity contribution in [3.05, 3.63) is 58.4 Å². The molecule has 2 rings (SSSR count). The third-order valence-corrected chi connectivity index (χ3v) is 3.37. The van der Waals surface area contributed by atoms with Gasteiger partial charge in [0.15, 0.2) is 0 Å². The first-order chi connectivity index (χ1) is 10.2. The van der Waals surface area contributed by atoms with Crippen LogP contribution in [0, 0.1) is 6.92 Å². The molecule has 2 aromatic rings. The van der Waals surface area contributed by atoms with Gasteiger partial charge in [-0.25, -0.2) is 0 Å². The van der Waals surface area contributed by atoms with Crippen LogP contribution >= 0.6 is 11.6 Å². The first-order valence-electron chi connectivity index (χ1n) is 7.23. The van der Waals surface area contributed by atoms with Gasteiger partial charge in [0, 0.05) is 6.54 Å². The number of halogens is 1. The Labute approximate surface area is 131 Å². The lowest BCUT2D eigenvalue weighted by Crippen LogP contribution is -2.15. The highest BCUT2D eigenvalue weighted by Crippen LogP contribution is 2.25. The summed E-state index contributed by atoms with van der Waals surface area (Å²) < 4.78 is 5.77. The largest absolute Gasteiger partial charge is 0.486 e. The van der Waals surface area contributed by atoms with E-state index in [0.717, 1.165) is 36.5 Å². The molecule has 0 atom stereocenters. The average molecular weight is 305 g/mol. The smallest absolute Gasteiger partial charge is 0.138 e. The molecule has 4 heteroatoms. The second-order valence-corrected chi connectivity index (χ2v) is 5.43. The third kappa shape index (κ3) is 5.03. The normalized spacial score (nSPS) is 10.6. The molecule has 0 fully saturated rings. The lowest BCUT2D eigenvalue weighted by atomic mass is 10.2. The van der Waals surface area contributed by atoms with Gasteiger partial charge in [-0.1, -0.05) is 30.7 Å². The molecule has 0 amide bonds. The second kappa shape index (κ2) is 8.01. The van der Waals surface area contributed by atoms with Crippen LogP contribution in [0.1, 0.15) is 30.3 Å². The molecular weight excluding hydrogens is 284 g/mol. The molecule has 1 aromatic carbocycles. The van der Waals surface area contributed by atoms with Gasteiger partial charge in [0.1, 0.15) is 12.4 Å². The number of hydrogen-bond acceptors (Lipinski definition) is 3. The van der Waals surface area contributed by atoms with Gasteiger partial charge in [-0.15, -0.1) is 0 Å². The van der Waals surface area contributed by atoms with Gasteiger partial charge < -0.3 is 10.1 Å². The van der Waals surface area contributed by atoms with E-state index in [4.69, 9.17) is 16.3 Å². The number of rotatable bonds is 7. The maximum Gasteiger partial charge on any atom is 0.138 e. The molecule has 1 aromatic heterocycles. The molecule has 112 valence electrons. The maximum atomic E-state index is 6.12. The van der Waals surface area contributed by atoms with Crippen molar-refractivity contribution < 1.29 is 4.74 Å². The van der Waals surface area contributed by atoms with Crippen LogP contribution in [0.25, 0.3) is 0 Å². The summed E-state index contributed by atoms with van der Waals surface area (Å²) in [7, 11) is 0. The highest BCUT2D eigenvalue weighted by Gasteiger charge is 2.04. The first-order valence-corrected chi connectivity index (χ1v) is 7.61. The predicted octanol–water partition coefficient (Wildman–Crippen LogP) is 4.12. The number of hydrogen-bond donors (Lipinski definition) is 1. The molecule has 0 aliphatic heterocycles. The van der Waals surface area contributed by atoms with Crippen LogP contribution in [0.4, 0.5) is 0 Å². The average Bonchev–Trinajstić information content (AvgIpc) is 2.49. The molecule has 1 N–H and O–H groups in total. The lowest BCUT2D eigenvalue weighted by molar-refractivity contribution is 0.301. The third-order valence-electron chi connectivity index (χ3n) is 3.06. The minimum atomic E-state index is 0.421. The molecule has 0 saturated carbocycles. The molecule has 0 aliphatic carbocycles. The Morgan fingerprint density at radius 3 is 2.81 bits per heavy atom. The zero-order valence-corrected chi connectivity index (χ0v) is 13.3. The zero-order chi connectivity index (χ0) is 15.1. The number of nitrogens with zero attached hydrogens (tertiary/aromatic N) is 1. The van der Waals surface area contributed by atoms with Crippen LogP contribution in [0.15, 0.2) is 36.4 Å². The molecule has 0 aliphatic rings. The van der Waals surface area contributed by atoms with Crippen LogP contribution in [0.2, 0.25) is 5.02 Å². The second-order valence-electron chi connectivity index (χ2n) is 5.02. The highest BCUT2D eigenvalue weighted by atomic mass is 35.5. The molecule has 3 nitrogen and oxygen atoms in total. The van der Waals surface area contributed by atoms with E-state index in [1.165, 1.54) is 0 Å². The van der Waals surface area contributed by atoms with E-state index in [1.54, 1.807) is 0 Å². The van der Waals surface area contributed by atoms with Gasteiger partial charge in [0.25, 0.3) is 0 Å². The van der Waals surface area contributed by atoms with Gasteiger partial charge in [-0.3, -0.25) is 4.98 Å². The summed E-state index contributed by atoms with van der Waals surface area (Å²) in [4.78, 5) is 4.58. The minimum Gasteiger partial charge on any atom is -0.486 e. The van der Waals surface area contributed by atoms with Gasteiger partial charge in [0.05, 0.1) is 16.4 Å². The van der Waals surface area contributed by atoms with E-state index < -0.39 is 0 Å². The van der Waals surface area contributed by atoms with Crippen molar-refractivity contribution in [1.29, 1.82) is 0 Å². The molecule has 0 saturated heterocycles. The fraction of sp³-hybridized carbons (Fsp3) is 0.353. The van der Waals surface area contributed by atoms with Crippen LogP contribution < -0.4 is 10.1 Å². The van der Waals surface area contributed by atoms with Gasteiger partial charge >= 0.3 is 0 Å². The summed E-state index contributed by atoms with van der Waals surface area (Å²) in [6.45, 7) is 6.37. The van der Waals surface area contributed by atoms with Crippen molar-refractivity contribution in [2.75, 3.05) is 6.54 Å². The van der Waals surface area contributed by atoms with Crippen molar-refractivity contribution in [2.45, 2.75) is 33.4 Å². The van der Waals surface area contributed by atoms with Crippen LogP contribution in [-0.2, 0) is 13.2 Å². The number of nitrogens with one attached hydrogen (secondary N) is 1. The summed E-state index contributed by atoms with van der Waals surface area (Å²) in [5.74, 6) is 0.702. The van der Waals surface area contributed by atoms with Gasteiger partial charge in [-0.2, -0.15) is 0 Å². The predicted molar refractivity (Wildman–Crippen MR) is 86.8 cm³/mol. The molecule has 0 bridgehead atoms. The van der Waals surface area contributed by atoms with Crippen molar-refractivity contribution in [3.63, 3.8) is 0 Å². The molecule has 0 unspecified atom stereocenters. The summed E-state index contributed by atoms with van der Waals surface area (Å²) in [5.41, 5.74) is 3.06. The first kappa shape index (κ1) is 15.8. The highest BCUT2D eigenvalue weighted by molar-refractivity contribution is 6.32. The topological polar surface area (TPSA) is 34.1 Å². The summed E-state index contributed by atoms with van der Waals surface area (Å²) in [5, 5.41) is 3.97. The maximum absolute atomic E-state index is 6.12. The Bertz CT molecular complexity index is 587. The van der Waals surface area contributed by atoms with Crippen LogP contribution in [0.3, 0.4) is 0 Å². The summed E-state index contributed by atoms with van der Waals surface area (Å²) in [6.07, 6.45) is 1.12. The summed E-state index contributed by atoms with van der Waals surface area (Å²) >= 11 is 6.12. The van der Waals surface area contributed by atoms with Crippen molar-refractivity contribution in [3.8, 4) is 5.75 Å². The number of benzene rings is 1. The molecule has 0 spiro atoms. The number of aryl methyl sites for hydroxylation is 1. The number of aromatic nitrogens is 1. The van der Waals surface area contributed by atoms with E-state index in [0.29, 0.717) is 17.4 Å². The summed E-state index contributed by atoms with van der Waals surface area (Å²) in [6, 6.07) is 11.7. The lowest BCUT2D eigenvalue weighted by Gasteiger charge is -2.09. The van der Waals surface area contributed by atoms with E-state index in [2.05, 4.69) is 17.2 Å². The van der Waals surface area contributed by atoms with Crippen molar-refractivity contribution >= 4 is 11.6 Å².